The Morgan fingerprint density at radius 1 is 1.00 bits per heavy atom. The number of nitrogens with one attached hydrogen (secondary N) is 1. The summed E-state index contributed by atoms with van der Waals surface area (Å²) in [5, 5.41) is 14.5. The molecule has 1 heterocycles. The molecule has 1 aromatic heterocycles. The van der Waals surface area contributed by atoms with Crippen LogP contribution in [0.5, 0.6) is 5.75 Å². The van der Waals surface area contributed by atoms with Gasteiger partial charge < -0.3 is 14.8 Å². The van der Waals surface area contributed by atoms with Gasteiger partial charge in [-0.05, 0) is 48.7 Å². The molecule has 0 aliphatic heterocycles. The van der Waals surface area contributed by atoms with Crippen molar-refractivity contribution in [3.05, 3.63) is 112 Å². The van der Waals surface area contributed by atoms with E-state index < -0.39 is 11.9 Å². The number of aryl methyl sites for hydroxylation is 1. The van der Waals surface area contributed by atoms with Crippen LogP contribution in [0.15, 0.2) is 89.8 Å². The van der Waals surface area contributed by atoms with Crippen LogP contribution < -0.4 is 10.1 Å². The van der Waals surface area contributed by atoms with Crippen molar-refractivity contribution >= 4 is 34.3 Å². The third-order valence-corrected chi connectivity index (χ3v) is 6.56. The van der Waals surface area contributed by atoms with E-state index in [-0.39, 0.29) is 17.7 Å². The first kappa shape index (κ1) is 26.4. The van der Waals surface area contributed by atoms with Crippen LogP contribution in [-0.2, 0) is 16.1 Å². The summed E-state index contributed by atoms with van der Waals surface area (Å²) in [4.78, 5) is 25.8. The van der Waals surface area contributed by atoms with Gasteiger partial charge in [0.15, 0.2) is 0 Å². The van der Waals surface area contributed by atoms with E-state index in [2.05, 4.69) is 5.32 Å². The summed E-state index contributed by atoms with van der Waals surface area (Å²) in [5.41, 5.74) is 4.49. The Balaban J connectivity index is 1.51. The average molecular weight is 523 g/mol. The number of esters is 1. The van der Waals surface area contributed by atoms with Crippen LogP contribution in [0.2, 0.25) is 0 Å². The van der Waals surface area contributed by atoms with Gasteiger partial charge in [0, 0.05) is 10.9 Å². The number of amides is 1. The molecule has 0 radical (unpaired) electrons. The van der Waals surface area contributed by atoms with Crippen LogP contribution in [0.3, 0.4) is 0 Å². The summed E-state index contributed by atoms with van der Waals surface area (Å²) in [5.74, 6) is -0.469. The van der Waals surface area contributed by atoms with Crippen molar-refractivity contribution in [2.45, 2.75) is 20.5 Å². The maximum absolute atomic E-state index is 13.0. The summed E-state index contributed by atoms with van der Waals surface area (Å²) < 4.78 is 11.1. The first-order valence-corrected chi connectivity index (χ1v) is 12.9. The molecule has 0 aliphatic carbocycles. The summed E-state index contributed by atoms with van der Waals surface area (Å²) in [7, 11) is 0. The molecule has 1 N–H and O–H groups in total. The topological polar surface area (TPSA) is 88.4 Å². The maximum atomic E-state index is 13.0. The highest BCUT2D eigenvalue weighted by Gasteiger charge is 2.23. The SMILES string of the molecule is CCOC(=O)c1c(-c2ccc(C)cc2)csc1NC(=O)C(C#N)=Cc1ccc(OCc2ccccc2)cc1. The second-order valence-corrected chi connectivity index (χ2v) is 9.29. The van der Waals surface area contributed by atoms with Crippen molar-refractivity contribution < 1.29 is 19.1 Å². The van der Waals surface area contributed by atoms with Crippen molar-refractivity contribution in [1.29, 1.82) is 5.26 Å². The molecule has 0 atom stereocenters. The lowest BCUT2D eigenvalue weighted by atomic mass is 10.0. The molecule has 4 aromatic rings. The van der Waals surface area contributed by atoms with E-state index in [1.807, 2.05) is 67.6 Å². The predicted octanol–water partition coefficient (Wildman–Crippen LogP) is 7.02. The number of nitrogens with zero attached hydrogens (tertiary/aromatic N) is 1. The van der Waals surface area contributed by atoms with Crippen molar-refractivity contribution in [3.8, 4) is 22.9 Å². The molecule has 190 valence electrons. The Labute approximate surface area is 225 Å². The van der Waals surface area contributed by atoms with E-state index in [9.17, 15) is 14.9 Å². The summed E-state index contributed by atoms with van der Waals surface area (Å²) in [6, 6.07) is 26.6. The van der Waals surface area contributed by atoms with E-state index in [1.54, 1.807) is 36.6 Å². The van der Waals surface area contributed by atoms with Crippen LogP contribution in [-0.4, -0.2) is 18.5 Å². The van der Waals surface area contributed by atoms with Gasteiger partial charge in [-0.25, -0.2) is 4.79 Å². The number of carbonyl (C=O) groups excluding carboxylic acids is 2. The van der Waals surface area contributed by atoms with Gasteiger partial charge in [-0.2, -0.15) is 5.26 Å². The lowest BCUT2D eigenvalue weighted by molar-refractivity contribution is -0.112. The van der Waals surface area contributed by atoms with Gasteiger partial charge in [-0.1, -0.05) is 72.3 Å². The third-order valence-electron chi connectivity index (χ3n) is 5.66. The number of carbonyl (C=O) groups is 2. The number of hydrogen-bond acceptors (Lipinski definition) is 6. The molecular formula is C31H26N2O4S. The Bertz CT molecular complexity index is 1480. The van der Waals surface area contributed by atoms with Gasteiger partial charge in [0.1, 0.15) is 34.6 Å². The molecular weight excluding hydrogens is 496 g/mol. The molecule has 0 fully saturated rings. The fraction of sp³-hybridized carbons (Fsp3) is 0.129. The van der Waals surface area contributed by atoms with E-state index >= 15 is 0 Å². The van der Waals surface area contributed by atoms with E-state index in [4.69, 9.17) is 9.47 Å². The average Bonchev–Trinajstić information content (AvgIpc) is 3.35. The maximum Gasteiger partial charge on any atom is 0.341 e. The Morgan fingerprint density at radius 2 is 1.71 bits per heavy atom. The van der Waals surface area contributed by atoms with Crippen molar-refractivity contribution in [3.63, 3.8) is 0 Å². The summed E-state index contributed by atoms with van der Waals surface area (Å²) in [6.07, 6.45) is 1.49. The van der Waals surface area contributed by atoms with E-state index in [0.717, 1.165) is 16.7 Å². The number of ether oxygens (including phenoxy) is 2. The number of nitriles is 1. The molecule has 0 saturated heterocycles. The van der Waals surface area contributed by atoms with Crippen molar-refractivity contribution in [1.82, 2.24) is 0 Å². The van der Waals surface area contributed by atoms with Crippen LogP contribution in [0.1, 0.15) is 34.0 Å². The van der Waals surface area contributed by atoms with Crippen LogP contribution in [0, 0.1) is 18.3 Å². The zero-order valence-corrected chi connectivity index (χ0v) is 21.9. The van der Waals surface area contributed by atoms with E-state index in [0.29, 0.717) is 28.5 Å². The highest BCUT2D eigenvalue weighted by Crippen LogP contribution is 2.36. The number of anilines is 1. The van der Waals surface area contributed by atoms with Crippen molar-refractivity contribution in [2.24, 2.45) is 0 Å². The minimum Gasteiger partial charge on any atom is -0.489 e. The molecule has 0 saturated carbocycles. The van der Waals surface area contributed by atoms with Gasteiger partial charge >= 0.3 is 5.97 Å². The second kappa shape index (κ2) is 12.5. The number of rotatable bonds is 9. The molecule has 38 heavy (non-hydrogen) atoms. The monoisotopic (exact) mass is 522 g/mol. The fourth-order valence-corrected chi connectivity index (χ4v) is 4.64. The van der Waals surface area contributed by atoms with E-state index in [1.165, 1.54) is 17.4 Å². The minimum absolute atomic E-state index is 0.0944. The second-order valence-electron chi connectivity index (χ2n) is 8.41. The molecule has 1 amide bonds. The highest BCUT2D eigenvalue weighted by atomic mass is 32.1. The predicted molar refractivity (Wildman–Crippen MR) is 150 cm³/mol. The molecule has 0 spiro atoms. The first-order valence-electron chi connectivity index (χ1n) is 12.0. The van der Waals surface area contributed by atoms with Gasteiger partial charge in [0.2, 0.25) is 0 Å². The standard InChI is InChI=1S/C31H26N2O4S/c1-3-36-31(35)28-27(24-13-9-21(2)10-14-24)20-38-30(28)33-29(34)25(18-32)17-22-11-15-26(16-12-22)37-19-23-7-5-4-6-8-23/h4-17,20H,3,19H2,1-2H3,(H,33,34). The van der Waals surface area contributed by atoms with Crippen molar-refractivity contribution in [2.75, 3.05) is 11.9 Å². The quantitative estimate of drug-likeness (QED) is 0.145. The molecule has 6 nitrogen and oxygen atoms in total. The lowest BCUT2D eigenvalue weighted by Gasteiger charge is -2.09. The highest BCUT2D eigenvalue weighted by molar-refractivity contribution is 7.15. The largest absolute Gasteiger partial charge is 0.489 e. The first-order chi connectivity index (χ1) is 18.5. The zero-order valence-electron chi connectivity index (χ0n) is 21.1. The Morgan fingerprint density at radius 3 is 2.37 bits per heavy atom. The fourth-order valence-electron chi connectivity index (χ4n) is 3.69. The summed E-state index contributed by atoms with van der Waals surface area (Å²) >= 11 is 1.21. The molecule has 3 aromatic carbocycles. The van der Waals surface area contributed by atoms with Gasteiger partial charge in [0.25, 0.3) is 5.91 Å². The van der Waals surface area contributed by atoms with Crippen LogP contribution in [0.25, 0.3) is 17.2 Å². The number of thiophene rings is 1. The number of hydrogen-bond donors (Lipinski definition) is 1. The van der Waals surface area contributed by atoms with Gasteiger partial charge in [-0.15, -0.1) is 11.3 Å². The molecule has 0 unspecified atom stereocenters. The smallest absolute Gasteiger partial charge is 0.341 e. The lowest BCUT2D eigenvalue weighted by Crippen LogP contribution is -2.16. The third kappa shape index (κ3) is 6.55. The zero-order chi connectivity index (χ0) is 26.9. The Hall–Kier alpha value is -4.67. The van der Waals surface area contributed by atoms with Crippen LogP contribution >= 0.6 is 11.3 Å². The Kier molecular flexibility index (Phi) is 8.70. The van der Waals surface area contributed by atoms with Gasteiger partial charge in [0.05, 0.1) is 6.61 Å². The molecule has 7 heteroatoms. The number of benzene rings is 3. The molecule has 0 aliphatic rings. The normalized spacial score (nSPS) is 10.9. The molecule has 0 bridgehead atoms. The minimum atomic E-state index is -0.611. The van der Waals surface area contributed by atoms with Gasteiger partial charge in [-0.3, -0.25) is 4.79 Å². The van der Waals surface area contributed by atoms with Crippen LogP contribution in [0.4, 0.5) is 5.00 Å². The molecule has 4 rings (SSSR count). The summed E-state index contributed by atoms with van der Waals surface area (Å²) in [6.45, 7) is 4.35.